The molecule has 0 aromatic heterocycles. The average molecular weight is 370 g/mol. The second-order valence-corrected chi connectivity index (χ2v) is 6.21. The Morgan fingerprint density at radius 1 is 1.07 bits per heavy atom. The van der Waals surface area contributed by atoms with Crippen LogP contribution in [0.15, 0.2) is 42.5 Å². The average Bonchev–Trinajstić information content (AvgIpc) is 3.49. The molecule has 1 aliphatic carbocycles. The van der Waals surface area contributed by atoms with Crippen LogP contribution in [0.1, 0.15) is 28.8 Å². The number of hydrogen-bond donors (Lipinski definition) is 2. The van der Waals surface area contributed by atoms with E-state index in [4.69, 9.17) is 14.2 Å². The number of hydrogen-bond acceptors (Lipinski definition) is 5. The Hall–Kier alpha value is -3.22. The predicted molar refractivity (Wildman–Crippen MR) is 100 cm³/mol. The maximum atomic E-state index is 12.4. The van der Waals surface area contributed by atoms with Crippen LogP contribution < -0.4 is 20.1 Å². The van der Waals surface area contributed by atoms with Crippen LogP contribution in [0.4, 0.5) is 10.5 Å². The second kappa shape index (κ2) is 8.44. The number of benzene rings is 2. The van der Waals surface area contributed by atoms with E-state index in [0.717, 1.165) is 12.8 Å². The fraction of sp³-hybridized carbons (Fsp3) is 0.300. The molecule has 3 rings (SSSR count). The summed E-state index contributed by atoms with van der Waals surface area (Å²) in [5, 5.41) is 5.55. The van der Waals surface area contributed by atoms with Crippen molar-refractivity contribution in [3.05, 3.63) is 53.6 Å². The molecule has 2 N–H and O–H groups in total. The first-order valence-electron chi connectivity index (χ1n) is 8.64. The molecule has 2 aromatic rings. The molecule has 0 aliphatic heterocycles. The van der Waals surface area contributed by atoms with Gasteiger partial charge in [-0.25, -0.2) is 9.59 Å². The number of ether oxygens (including phenoxy) is 3. The molecule has 2 amide bonds. The number of rotatable bonds is 7. The molecule has 142 valence electrons. The van der Waals surface area contributed by atoms with E-state index in [0.29, 0.717) is 28.3 Å². The van der Waals surface area contributed by atoms with Crippen LogP contribution in [0.25, 0.3) is 0 Å². The molecule has 2 aromatic carbocycles. The van der Waals surface area contributed by atoms with Crippen molar-refractivity contribution < 1.29 is 23.8 Å². The highest BCUT2D eigenvalue weighted by atomic mass is 16.5. The molecule has 0 saturated heterocycles. The Morgan fingerprint density at radius 3 is 2.59 bits per heavy atom. The van der Waals surface area contributed by atoms with Gasteiger partial charge in [-0.1, -0.05) is 6.07 Å². The summed E-state index contributed by atoms with van der Waals surface area (Å²) in [5.41, 5.74) is 1.57. The minimum atomic E-state index is -0.494. The van der Waals surface area contributed by atoms with E-state index in [1.54, 1.807) is 56.7 Å². The van der Waals surface area contributed by atoms with Crippen molar-refractivity contribution in [2.75, 3.05) is 19.5 Å². The normalized spacial score (nSPS) is 12.8. The number of urea groups is 1. The summed E-state index contributed by atoms with van der Waals surface area (Å²) < 4.78 is 15.9. The van der Waals surface area contributed by atoms with Crippen LogP contribution in [-0.4, -0.2) is 32.3 Å². The van der Waals surface area contributed by atoms with Crippen LogP contribution in [0.5, 0.6) is 11.5 Å². The molecular formula is C20H22N2O5. The third-order valence-corrected chi connectivity index (χ3v) is 4.12. The number of anilines is 1. The van der Waals surface area contributed by atoms with E-state index in [1.807, 2.05) is 0 Å². The third-order valence-electron chi connectivity index (χ3n) is 4.12. The molecule has 0 radical (unpaired) electrons. The predicted octanol–water partition coefficient (Wildman–Crippen LogP) is 3.34. The van der Waals surface area contributed by atoms with Gasteiger partial charge in [0.1, 0.15) is 18.1 Å². The zero-order valence-corrected chi connectivity index (χ0v) is 15.3. The topological polar surface area (TPSA) is 85.9 Å². The van der Waals surface area contributed by atoms with Crippen LogP contribution in [0.3, 0.4) is 0 Å². The molecule has 0 heterocycles. The van der Waals surface area contributed by atoms with Gasteiger partial charge in [0.2, 0.25) is 0 Å². The summed E-state index contributed by atoms with van der Waals surface area (Å²) in [6.45, 7) is 0.0407. The number of carbonyl (C=O) groups is 2. The van der Waals surface area contributed by atoms with Gasteiger partial charge in [0.15, 0.2) is 0 Å². The SMILES string of the molecule is COc1ccc(OC)c(COC(=O)c2cccc(NC(=O)NC3CC3)c2)c1. The molecule has 7 heteroatoms. The van der Waals surface area contributed by atoms with Crippen molar-refractivity contribution >= 4 is 17.7 Å². The zero-order chi connectivity index (χ0) is 19.2. The highest BCUT2D eigenvalue weighted by molar-refractivity contribution is 5.94. The lowest BCUT2D eigenvalue weighted by Crippen LogP contribution is -2.30. The van der Waals surface area contributed by atoms with Gasteiger partial charge in [-0.2, -0.15) is 0 Å². The monoisotopic (exact) mass is 370 g/mol. The van der Waals surface area contributed by atoms with E-state index in [9.17, 15) is 9.59 Å². The lowest BCUT2D eigenvalue weighted by molar-refractivity contribution is 0.0470. The van der Waals surface area contributed by atoms with E-state index < -0.39 is 5.97 Å². The molecule has 1 saturated carbocycles. The Balaban J connectivity index is 1.62. The van der Waals surface area contributed by atoms with Gasteiger partial charge in [0, 0.05) is 17.3 Å². The molecule has 0 spiro atoms. The fourth-order valence-electron chi connectivity index (χ4n) is 2.53. The van der Waals surface area contributed by atoms with E-state index in [2.05, 4.69) is 10.6 Å². The van der Waals surface area contributed by atoms with Gasteiger partial charge >= 0.3 is 12.0 Å². The quantitative estimate of drug-likeness (QED) is 0.730. The molecule has 0 atom stereocenters. The molecule has 1 aliphatic rings. The second-order valence-electron chi connectivity index (χ2n) is 6.21. The molecule has 0 unspecified atom stereocenters. The first-order valence-corrected chi connectivity index (χ1v) is 8.64. The Kier molecular flexibility index (Phi) is 5.80. The Bertz CT molecular complexity index is 833. The number of methoxy groups -OCH3 is 2. The van der Waals surface area contributed by atoms with Gasteiger partial charge < -0.3 is 24.8 Å². The number of nitrogens with one attached hydrogen (secondary N) is 2. The first kappa shape index (κ1) is 18.6. The largest absolute Gasteiger partial charge is 0.497 e. The maximum Gasteiger partial charge on any atom is 0.338 e. The van der Waals surface area contributed by atoms with Gasteiger partial charge in [-0.05, 0) is 49.2 Å². The van der Waals surface area contributed by atoms with Crippen molar-refractivity contribution in [1.82, 2.24) is 5.32 Å². The number of esters is 1. The van der Waals surface area contributed by atoms with Gasteiger partial charge in [-0.3, -0.25) is 0 Å². The summed E-state index contributed by atoms with van der Waals surface area (Å²) in [5.74, 6) is 0.761. The summed E-state index contributed by atoms with van der Waals surface area (Å²) in [6, 6.07) is 11.9. The molecule has 0 bridgehead atoms. The van der Waals surface area contributed by atoms with E-state index in [-0.39, 0.29) is 18.7 Å². The maximum absolute atomic E-state index is 12.4. The first-order chi connectivity index (χ1) is 13.1. The van der Waals surface area contributed by atoms with Gasteiger partial charge in [0.05, 0.1) is 19.8 Å². The highest BCUT2D eigenvalue weighted by Crippen LogP contribution is 2.25. The van der Waals surface area contributed by atoms with E-state index >= 15 is 0 Å². The smallest absolute Gasteiger partial charge is 0.338 e. The lowest BCUT2D eigenvalue weighted by Gasteiger charge is -2.12. The summed E-state index contributed by atoms with van der Waals surface area (Å²) in [4.78, 5) is 24.2. The highest BCUT2D eigenvalue weighted by Gasteiger charge is 2.23. The van der Waals surface area contributed by atoms with Crippen LogP contribution in [0.2, 0.25) is 0 Å². The Morgan fingerprint density at radius 2 is 1.89 bits per heavy atom. The van der Waals surface area contributed by atoms with Crippen molar-refractivity contribution in [1.29, 1.82) is 0 Å². The molecule has 27 heavy (non-hydrogen) atoms. The molecule has 7 nitrogen and oxygen atoms in total. The number of carbonyl (C=O) groups excluding carboxylic acids is 2. The van der Waals surface area contributed by atoms with Crippen molar-refractivity contribution in [2.45, 2.75) is 25.5 Å². The minimum Gasteiger partial charge on any atom is -0.497 e. The van der Waals surface area contributed by atoms with Crippen molar-refractivity contribution in [3.63, 3.8) is 0 Å². The van der Waals surface area contributed by atoms with Crippen molar-refractivity contribution in [3.8, 4) is 11.5 Å². The summed E-state index contributed by atoms with van der Waals surface area (Å²) >= 11 is 0. The fourth-order valence-corrected chi connectivity index (χ4v) is 2.53. The van der Waals surface area contributed by atoms with Gasteiger partial charge in [0.25, 0.3) is 0 Å². The van der Waals surface area contributed by atoms with Crippen molar-refractivity contribution in [2.24, 2.45) is 0 Å². The van der Waals surface area contributed by atoms with Gasteiger partial charge in [-0.15, -0.1) is 0 Å². The van der Waals surface area contributed by atoms with Crippen LogP contribution in [-0.2, 0) is 11.3 Å². The number of amides is 2. The molecular weight excluding hydrogens is 348 g/mol. The van der Waals surface area contributed by atoms with E-state index in [1.165, 1.54) is 0 Å². The summed E-state index contributed by atoms with van der Waals surface area (Å²) in [6.07, 6.45) is 2.01. The standard InChI is InChI=1S/C20H22N2O5/c1-25-17-8-9-18(26-2)14(11-17)12-27-19(23)13-4-3-5-16(10-13)22-20(24)21-15-6-7-15/h3-5,8-11,15H,6-7,12H2,1-2H3,(H2,21,22,24). The lowest BCUT2D eigenvalue weighted by atomic mass is 10.2. The Labute approximate surface area is 157 Å². The van der Waals surface area contributed by atoms with Crippen LogP contribution in [0, 0.1) is 0 Å². The summed E-state index contributed by atoms with van der Waals surface area (Å²) in [7, 11) is 3.12. The zero-order valence-electron chi connectivity index (χ0n) is 15.3. The molecule has 1 fully saturated rings. The van der Waals surface area contributed by atoms with Crippen LogP contribution >= 0.6 is 0 Å². The third kappa shape index (κ3) is 5.13. The minimum absolute atomic E-state index is 0.0407.